The Kier molecular flexibility index (Phi) is 2.87. The van der Waals surface area contributed by atoms with Crippen LogP contribution in [0.3, 0.4) is 0 Å². The quantitative estimate of drug-likeness (QED) is 0.604. The summed E-state index contributed by atoms with van der Waals surface area (Å²) < 4.78 is 0. The molecule has 0 bridgehead atoms. The predicted octanol–water partition coefficient (Wildman–Crippen LogP) is 0.930. The third kappa shape index (κ3) is 2.34. The second-order valence-corrected chi connectivity index (χ2v) is 3.33. The van der Waals surface area contributed by atoms with Gasteiger partial charge in [0.15, 0.2) is 0 Å². The van der Waals surface area contributed by atoms with Gasteiger partial charge < -0.3 is 4.90 Å². The first-order valence-electron chi connectivity index (χ1n) is 3.72. The van der Waals surface area contributed by atoms with Gasteiger partial charge in [0, 0.05) is 18.0 Å². The number of halogens is 1. The summed E-state index contributed by atoms with van der Waals surface area (Å²) in [6, 6.07) is 0. The fourth-order valence-electron chi connectivity index (χ4n) is 1.13. The van der Waals surface area contributed by atoms with Crippen LogP contribution in [0.2, 0.25) is 0 Å². The lowest BCUT2D eigenvalue weighted by Gasteiger charge is -2.25. The van der Waals surface area contributed by atoms with Gasteiger partial charge in [-0.25, -0.2) is 0 Å². The smallest absolute Gasteiger partial charge is 0.230 e. The van der Waals surface area contributed by atoms with Crippen molar-refractivity contribution in [3.8, 4) is 0 Å². The van der Waals surface area contributed by atoms with Gasteiger partial charge in [-0.3, -0.25) is 9.59 Å². The molecule has 12 heavy (non-hydrogen) atoms. The van der Waals surface area contributed by atoms with Crippen molar-refractivity contribution in [1.82, 2.24) is 4.90 Å². The number of nitrogens with zero attached hydrogens (tertiary/aromatic N) is 1. The van der Waals surface area contributed by atoms with Gasteiger partial charge in [0.25, 0.3) is 0 Å². The standard InChI is InChI=1S/C8H10ClNO2/c1-6(9)5-10-3-2-7(11)4-8(10)12/h1-5H2. The van der Waals surface area contributed by atoms with Gasteiger partial charge in [-0.05, 0) is 0 Å². The number of piperidine rings is 1. The number of carbonyl (C=O) groups is 2. The maximum atomic E-state index is 11.1. The Morgan fingerprint density at radius 1 is 1.58 bits per heavy atom. The molecule has 66 valence electrons. The summed E-state index contributed by atoms with van der Waals surface area (Å²) in [6.07, 6.45) is 0.458. The van der Waals surface area contributed by atoms with Crippen LogP contribution in [-0.4, -0.2) is 29.7 Å². The number of amides is 1. The molecule has 0 aromatic rings. The summed E-state index contributed by atoms with van der Waals surface area (Å²) in [5, 5.41) is 0.428. The van der Waals surface area contributed by atoms with Gasteiger partial charge >= 0.3 is 0 Å². The van der Waals surface area contributed by atoms with E-state index in [2.05, 4.69) is 6.58 Å². The Morgan fingerprint density at radius 3 is 2.75 bits per heavy atom. The number of likely N-dealkylation sites (tertiary alicyclic amines) is 1. The molecule has 1 heterocycles. The van der Waals surface area contributed by atoms with Crippen molar-refractivity contribution in [2.24, 2.45) is 0 Å². The van der Waals surface area contributed by atoms with Gasteiger partial charge in [-0.1, -0.05) is 18.2 Å². The highest BCUT2D eigenvalue weighted by Gasteiger charge is 2.23. The number of carbonyl (C=O) groups excluding carboxylic acids is 2. The van der Waals surface area contributed by atoms with Crippen LogP contribution >= 0.6 is 11.6 Å². The van der Waals surface area contributed by atoms with Gasteiger partial charge in [0.2, 0.25) is 5.91 Å². The van der Waals surface area contributed by atoms with Crippen LogP contribution in [0.25, 0.3) is 0 Å². The first-order valence-corrected chi connectivity index (χ1v) is 4.10. The van der Waals surface area contributed by atoms with E-state index in [1.807, 2.05) is 0 Å². The van der Waals surface area contributed by atoms with Crippen LogP contribution < -0.4 is 0 Å². The number of Topliss-reactive ketones (excluding diaryl/α,β-unsaturated/α-hetero) is 1. The lowest BCUT2D eigenvalue weighted by molar-refractivity contribution is -0.138. The first kappa shape index (κ1) is 9.26. The summed E-state index contributed by atoms with van der Waals surface area (Å²) in [5.41, 5.74) is 0. The molecule has 0 spiro atoms. The van der Waals surface area contributed by atoms with E-state index in [1.165, 1.54) is 0 Å². The molecule has 3 nitrogen and oxygen atoms in total. The van der Waals surface area contributed by atoms with Crippen molar-refractivity contribution >= 4 is 23.3 Å². The van der Waals surface area contributed by atoms with Crippen LogP contribution in [0.5, 0.6) is 0 Å². The molecular formula is C8H10ClNO2. The molecule has 0 aromatic carbocycles. The Morgan fingerprint density at radius 2 is 2.25 bits per heavy atom. The van der Waals surface area contributed by atoms with Gasteiger partial charge in [0.1, 0.15) is 5.78 Å². The Labute approximate surface area is 76.0 Å². The van der Waals surface area contributed by atoms with Crippen LogP contribution in [0, 0.1) is 0 Å². The third-order valence-corrected chi connectivity index (χ3v) is 1.84. The lowest BCUT2D eigenvalue weighted by atomic mass is 10.1. The van der Waals surface area contributed by atoms with Gasteiger partial charge in [-0.15, -0.1) is 0 Å². The zero-order valence-corrected chi connectivity index (χ0v) is 7.43. The van der Waals surface area contributed by atoms with Crippen molar-refractivity contribution in [2.75, 3.05) is 13.1 Å². The van der Waals surface area contributed by atoms with Crippen molar-refractivity contribution in [3.63, 3.8) is 0 Å². The molecule has 1 aliphatic heterocycles. The van der Waals surface area contributed by atoms with Crippen molar-refractivity contribution in [2.45, 2.75) is 12.8 Å². The molecule has 4 heteroatoms. The van der Waals surface area contributed by atoms with E-state index in [9.17, 15) is 9.59 Å². The van der Waals surface area contributed by atoms with E-state index >= 15 is 0 Å². The van der Waals surface area contributed by atoms with E-state index < -0.39 is 0 Å². The third-order valence-electron chi connectivity index (χ3n) is 1.72. The normalized spacial score (nSPS) is 18.2. The highest BCUT2D eigenvalue weighted by molar-refractivity contribution is 6.29. The molecule has 0 radical (unpaired) electrons. The molecule has 1 rings (SSSR count). The number of rotatable bonds is 2. The SMILES string of the molecule is C=C(Cl)CN1CCC(=O)CC1=O. The average molecular weight is 188 g/mol. The number of hydrogen-bond acceptors (Lipinski definition) is 2. The fourth-order valence-corrected chi connectivity index (χ4v) is 1.27. The fraction of sp³-hybridized carbons (Fsp3) is 0.500. The number of hydrogen-bond donors (Lipinski definition) is 0. The second-order valence-electron chi connectivity index (χ2n) is 2.80. The second kappa shape index (κ2) is 3.72. The minimum absolute atomic E-state index is 0.0106. The van der Waals surface area contributed by atoms with Crippen LogP contribution in [0.1, 0.15) is 12.8 Å². The molecule has 0 aliphatic carbocycles. The van der Waals surface area contributed by atoms with E-state index in [-0.39, 0.29) is 18.1 Å². The van der Waals surface area contributed by atoms with Gasteiger partial charge in [-0.2, -0.15) is 0 Å². The van der Waals surface area contributed by atoms with Crippen LogP contribution in [-0.2, 0) is 9.59 Å². The summed E-state index contributed by atoms with van der Waals surface area (Å²) in [6.45, 7) is 4.32. The van der Waals surface area contributed by atoms with E-state index in [1.54, 1.807) is 4.90 Å². The molecule has 0 aromatic heterocycles. The molecular weight excluding hydrogens is 178 g/mol. The highest BCUT2D eigenvalue weighted by Crippen LogP contribution is 2.10. The maximum Gasteiger partial charge on any atom is 0.230 e. The Bertz CT molecular complexity index is 237. The van der Waals surface area contributed by atoms with Crippen LogP contribution in [0.4, 0.5) is 0 Å². The highest BCUT2D eigenvalue weighted by atomic mass is 35.5. The van der Waals surface area contributed by atoms with E-state index in [0.717, 1.165) is 0 Å². The molecule has 0 atom stereocenters. The minimum atomic E-state index is -0.145. The largest absolute Gasteiger partial charge is 0.337 e. The zero-order chi connectivity index (χ0) is 9.14. The molecule has 1 amide bonds. The van der Waals surface area contributed by atoms with Crippen molar-refractivity contribution < 1.29 is 9.59 Å². The molecule has 0 saturated carbocycles. The number of ketones is 1. The Balaban J connectivity index is 2.51. The molecule has 1 saturated heterocycles. The summed E-state index contributed by atoms with van der Waals surface area (Å²) in [4.78, 5) is 23.5. The molecule has 0 unspecified atom stereocenters. The molecule has 0 N–H and O–H groups in total. The van der Waals surface area contributed by atoms with E-state index in [4.69, 9.17) is 11.6 Å². The summed E-state index contributed by atoms with van der Waals surface area (Å²) >= 11 is 5.54. The van der Waals surface area contributed by atoms with Crippen molar-refractivity contribution in [1.29, 1.82) is 0 Å². The lowest BCUT2D eigenvalue weighted by Crippen LogP contribution is -2.39. The summed E-state index contributed by atoms with van der Waals surface area (Å²) in [5.74, 6) is -0.135. The molecule has 1 fully saturated rings. The minimum Gasteiger partial charge on any atom is -0.337 e. The first-order chi connectivity index (χ1) is 5.59. The van der Waals surface area contributed by atoms with E-state index in [0.29, 0.717) is 24.5 Å². The predicted molar refractivity (Wildman–Crippen MR) is 45.8 cm³/mol. The molecule has 1 aliphatic rings. The maximum absolute atomic E-state index is 11.1. The van der Waals surface area contributed by atoms with Crippen molar-refractivity contribution in [3.05, 3.63) is 11.6 Å². The average Bonchev–Trinajstić information content (AvgIpc) is 1.94. The summed E-state index contributed by atoms with van der Waals surface area (Å²) in [7, 11) is 0. The van der Waals surface area contributed by atoms with Crippen LogP contribution in [0.15, 0.2) is 11.6 Å². The van der Waals surface area contributed by atoms with Gasteiger partial charge in [0.05, 0.1) is 13.0 Å². The Hall–Kier alpha value is -0.830. The topological polar surface area (TPSA) is 37.4 Å². The zero-order valence-electron chi connectivity index (χ0n) is 6.68. The monoisotopic (exact) mass is 187 g/mol.